The number of ether oxygens (including phenoxy) is 1. The van der Waals surface area contributed by atoms with Crippen molar-refractivity contribution >= 4 is 34.8 Å². The smallest absolute Gasteiger partial charge is 0.257 e. The van der Waals surface area contributed by atoms with E-state index in [-0.39, 0.29) is 23.0 Å². The highest BCUT2D eigenvalue weighted by Crippen LogP contribution is 2.14. The Morgan fingerprint density at radius 3 is 2.11 bits per heavy atom. The van der Waals surface area contributed by atoms with Gasteiger partial charge in [-0.2, -0.15) is 0 Å². The van der Waals surface area contributed by atoms with Crippen molar-refractivity contribution in [3.8, 4) is 5.75 Å². The van der Waals surface area contributed by atoms with Crippen LogP contribution in [0.3, 0.4) is 0 Å². The van der Waals surface area contributed by atoms with E-state index in [1.165, 1.54) is 0 Å². The summed E-state index contributed by atoms with van der Waals surface area (Å²) < 4.78 is 5.56. The minimum absolute atomic E-state index is 0.0700. The Labute approximate surface area is 170 Å². The molecular formula is C21H25N3O3S. The SMILES string of the molecule is CCCNC(=O)c1ccc(NC(=S)NC(=O)c2ccc(OC(C)C)cc2)cc1. The second kappa shape index (κ2) is 10.4. The van der Waals surface area contributed by atoms with E-state index in [1.807, 2.05) is 20.8 Å². The molecule has 0 radical (unpaired) electrons. The fourth-order valence-electron chi connectivity index (χ4n) is 2.34. The van der Waals surface area contributed by atoms with Crippen molar-refractivity contribution in [1.82, 2.24) is 10.6 Å². The third-order valence-electron chi connectivity index (χ3n) is 3.66. The predicted octanol–water partition coefficient (Wildman–Crippen LogP) is 3.74. The Bertz CT molecular complexity index is 818. The van der Waals surface area contributed by atoms with Crippen molar-refractivity contribution in [2.24, 2.45) is 0 Å². The first kappa shape index (κ1) is 21.4. The molecule has 2 aromatic carbocycles. The number of anilines is 1. The van der Waals surface area contributed by atoms with Crippen molar-refractivity contribution in [3.05, 3.63) is 59.7 Å². The lowest BCUT2D eigenvalue weighted by Crippen LogP contribution is -2.34. The van der Waals surface area contributed by atoms with Gasteiger partial charge in [0.25, 0.3) is 11.8 Å². The molecule has 2 rings (SSSR count). The highest BCUT2D eigenvalue weighted by molar-refractivity contribution is 7.80. The van der Waals surface area contributed by atoms with E-state index < -0.39 is 0 Å². The van der Waals surface area contributed by atoms with Gasteiger partial charge in [-0.3, -0.25) is 14.9 Å². The maximum atomic E-state index is 12.3. The number of amides is 2. The van der Waals surface area contributed by atoms with E-state index in [1.54, 1.807) is 48.5 Å². The number of carbonyl (C=O) groups excluding carboxylic acids is 2. The van der Waals surface area contributed by atoms with Crippen molar-refractivity contribution < 1.29 is 14.3 Å². The van der Waals surface area contributed by atoms with Gasteiger partial charge < -0.3 is 15.4 Å². The lowest BCUT2D eigenvalue weighted by atomic mass is 10.2. The zero-order valence-electron chi connectivity index (χ0n) is 16.2. The highest BCUT2D eigenvalue weighted by atomic mass is 32.1. The average Bonchev–Trinajstić information content (AvgIpc) is 2.66. The molecule has 0 aliphatic heterocycles. The normalized spacial score (nSPS) is 10.3. The summed E-state index contributed by atoms with van der Waals surface area (Å²) in [5.41, 5.74) is 1.72. The van der Waals surface area contributed by atoms with Gasteiger partial charge >= 0.3 is 0 Å². The summed E-state index contributed by atoms with van der Waals surface area (Å²) in [6.45, 7) is 6.51. The number of carbonyl (C=O) groups is 2. The molecule has 0 saturated heterocycles. The molecule has 0 aromatic heterocycles. The van der Waals surface area contributed by atoms with Gasteiger partial charge in [-0.05, 0) is 81.0 Å². The van der Waals surface area contributed by atoms with E-state index in [0.29, 0.717) is 29.1 Å². The standard InChI is InChI=1S/C21H25N3O3S/c1-4-13-22-19(25)15-5-9-17(10-6-15)23-21(28)24-20(26)16-7-11-18(12-8-16)27-14(2)3/h5-12,14H,4,13H2,1-3H3,(H,22,25)(H2,23,24,26,28). The maximum Gasteiger partial charge on any atom is 0.257 e. The van der Waals surface area contributed by atoms with Gasteiger partial charge in [-0.15, -0.1) is 0 Å². The van der Waals surface area contributed by atoms with Crippen LogP contribution in [0.4, 0.5) is 5.69 Å². The molecule has 0 spiro atoms. The Hall–Kier alpha value is -2.93. The summed E-state index contributed by atoms with van der Waals surface area (Å²) in [5.74, 6) is 0.272. The zero-order chi connectivity index (χ0) is 20.5. The number of rotatable bonds is 7. The number of nitrogens with one attached hydrogen (secondary N) is 3. The van der Waals surface area contributed by atoms with Crippen molar-refractivity contribution in [2.75, 3.05) is 11.9 Å². The zero-order valence-corrected chi connectivity index (χ0v) is 17.1. The number of benzene rings is 2. The van der Waals surface area contributed by atoms with Crippen LogP contribution in [-0.4, -0.2) is 29.6 Å². The monoisotopic (exact) mass is 399 g/mol. The van der Waals surface area contributed by atoms with Crippen molar-refractivity contribution in [2.45, 2.75) is 33.3 Å². The molecule has 0 unspecified atom stereocenters. The van der Waals surface area contributed by atoms with E-state index >= 15 is 0 Å². The van der Waals surface area contributed by atoms with Crippen LogP contribution in [0.25, 0.3) is 0 Å². The second-order valence-corrected chi connectivity index (χ2v) is 6.84. The van der Waals surface area contributed by atoms with Crippen LogP contribution in [0.2, 0.25) is 0 Å². The second-order valence-electron chi connectivity index (χ2n) is 6.43. The molecule has 6 nitrogen and oxygen atoms in total. The van der Waals surface area contributed by atoms with E-state index in [2.05, 4.69) is 16.0 Å². The summed E-state index contributed by atoms with van der Waals surface area (Å²) in [7, 11) is 0. The Morgan fingerprint density at radius 1 is 0.964 bits per heavy atom. The van der Waals surface area contributed by atoms with E-state index in [9.17, 15) is 9.59 Å². The molecule has 0 aliphatic rings. The van der Waals surface area contributed by atoms with Crippen LogP contribution >= 0.6 is 12.2 Å². The molecule has 0 fully saturated rings. The van der Waals surface area contributed by atoms with Crippen LogP contribution in [0.15, 0.2) is 48.5 Å². The first-order chi connectivity index (χ1) is 13.4. The van der Waals surface area contributed by atoms with Gasteiger partial charge in [-0.1, -0.05) is 6.92 Å². The number of thiocarbonyl (C=S) groups is 1. The molecule has 0 atom stereocenters. The largest absolute Gasteiger partial charge is 0.491 e. The van der Waals surface area contributed by atoms with Crippen LogP contribution in [0.5, 0.6) is 5.75 Å². The molecule has 2 aromatic rings. The number of hydrogen-bond donors (Lipinski definition) is 3. The molecule has 0 bridgehead atoms. The van der Waals surface area contributed by atoms with Gasteiger partial charge in [0.1, 0.15) is 5.75 Å². The third kappa shape index (κ3) is 6.66. The first-order valence-corrected chi connectivity index (χ1v) is 9.57. The van der Waals surface area contributed by atoms with Gasteiger partial charge in [0.15, 0.2) is 5.11 Å². The van der Waals surface area contributed by atoms with E-state index in [0.717, 1.165) is 6.42 Å². The van der Waals surface area contributed by atoms with Crippen LogP contribution < -0.4 is 20.7 Å². The van der Waals surface area contributed by atoms with Gasteiger partial charge in [0.2, 0.25) is 0 Å². The number of hydrogen-bond acceptors (Lipinski definition) is 4. The molecule has 28 heavy (non-hydrogen) atoms. The fraction of sp³-hybridized carbons (Fsp3) is 0.286. The molecule has 0 saturated carbocycles. The molecule has 2 amide bonds. The molecule has 0 aliphatic carbocycles. The van der Waals surface area contributed by atoms with Gasteiger partial charge in [0.05, 0.1) is 6.10 Å². The van der Waals surface area contributed by atoms with Gasteiger partial charge in [-0.25, -0.2) is 0 Å². The van der Waals surface area contributed by atoms with E-state index in [4.69, 9.17) is 17.0 Å². The Balaban J connectivity index is 1.89. The van der Waals surface area contributed by atoms with Crippen LogP contribution in [0, 0.1) is 0 Å². The first-order valence-electron chi connectivity index (χ1n) is 9.16. The molecule has 148 valence electrons. The molecule has 7 heteroatoms. The Morgan fingerprint density at radius 2 is 1.54 bits per heavy atom. The van der Waals surface area contributed by atoms with Crippen LogP contribution in [0.1, 0.15) is 47.9 Å². The fourth-order valence-corrected chi connectivity index (χ4v) is 2.55. The van der Waals surface area contributed by atoms with Gasteiger partial charge in [0, 0.05) is 23.4 Å². The highest BCUT2D eigenvalue weighted by Gasteiger charge is 2.09. The van der Waals surface area contributed by atoms with Crippen molar-refractivity contribution in [1.29, 1.82) is 0 Å². The third-order valence-corrected chi connectivity index (χ3v) is 3.86. The Kier molecular flexibility index (Phi) is 7.95. The quantitative estimate of drug-likeness (QED) is 0.618. The summed E-state index contributed by atoms with van der Waals surface area (Å²) in [4.78, 5) is 24.2. The molecule has 3 N–H and O–H groups in total. The minimum Gasteiger partial charge on any atom is -0.491 e. The summed E-state index contributed by atoms with van der Waals surface area (Å²) in [6, 6.07) is 13.7. The molecular weight excluding hydrogens is 374 g/mol. The maximum absolute atomic E-state index is 12.3. The summed E-state index contributed by atoms with van der Waals surface area (Å²) >= 11 is 5.19. The average molecular weight is 400 g/mol. The van der Waals surface area contributed by atoms with Crippen LogP contribution in [-0.2, 0) is 0 Å². The summed E-state index contributed by atoms with van der Waals surface area (Å²) in [5, 5.41) is 8.56. The molecule has 0 heterocycles. The summed E-state index contributed by atoms with van der Waals surface area (Å²) in [6.07, 6.45) is 0.952. The minimum atomic E-state index is -0.316. The topological polar surface area (TPSA) is 79.5 Å². The lowest BCUT2D eigenvalue weighted by molar-refractivity contribution is 0.0951. The van der Waals surface area contributed by atoms with Crippen molar-refractivity contribution in [3.63, 3.8) is 0 Å². The lowest BCUT2D eigenvalue weighted by Gasteiger charge is -2.12. The predicted molar refractivity (Wildman–Crippen MR) is 115 cm³/mol.